The zero-order valence-corrected chi connectivity index (χ0v) is 16.9. The molecule has 1 saturated heterocycles. The number of aromatic nitrogens is 3. The van der Waals surface area contributed by atoms with Gasteiger partial charge in [-0.2, -0.15) is 0 Å². The van der Waals surface area contributed by atoms with E-state index in [1.54, 1.807) is 11.3 Å². The summed E-state index contributed by atoms with van der Waals surface area (Å²) in [6.07, 6.45) is 6.29. The van der Waals surface area contributed by atoms with E-state index in [0.717, 1.165) is 34.7 Å². The van der Waals surface area contributed by atoms with Gasteiger partial charge >= 0.3 is 0 Å². The lowest BCUT2D eigenvalue weighted by molar-refractivity contribution is 0.245. The molecule has 2 aromatic heterocycles. The molecule has 8 heteroatoms. The van der Waals surface area contributed by atoms with E-state index in [4.69, 9.17) is 28.9 Å². The second kappa shape index (κ2) is 7.39. The molecule has 25 heavy (non-hydrogen) atoms. The highest BCUT2D eigenvalue weighted by molar-refractivity contribution is 7.71. The van der Waals surface area contributed by atoms with Crippen molar-refractivity contribution in [1.29, 1.82) is 0 Å². The maximum Gasteiger partial charge on any atom is 0.226 e. The molecule has 0 bridgehead atoms. The summed E-state index contributed by atoms with van der Waals surface area (Å²) in [7, 11) is 2.10. The maximum atomic E-state index is 6.04. The molecule has 0 aromatic carbocycles. The average Bonchev–Trinajstić information content (AvgIpc) is 3.28. The zero-order chi connectivity index (χ0) is 17.4. The van der Waals surface area contributed by atoms with E-state index >= 15 is 0 Å². The van der Waals surface area contributed by atoms with E-state index in [1.807, 2.05) is 10.7 Å². The van der Waals surface area contributed by atoms with Gasteiger partial charge in [-0.05, 0) is 63.5 Å². The van der Waals surface area contributed by atoms with Crippen LogP contribution in [0.25, 0.3) is 0 Å². The first-order valence-corrected chi connectivity index (χ1v) is 10.6. The average molecular weight is 398 g/mol. The lowest BCUT2D eigenvalue weighted by Gasteiger charge is -2.27. The number of anilines is 1. The third kappa shape index (κ3) is 3.94. The van der Waals surface area contributed by atoms with Crippen molar-refractivity contribution in [3.8, 4) is 0 Å². The predicted molar refractivity (Wildman–Crippen MR) is 106 cm³/mol. The second-order valence-electron chi connectivity index (χ2n) is 7.09. The molecule has 0 N–H and O–H groups in total. The Hall–Kier alpha value is -0.890. The Labute approximate surface area is 162 Å². The van der Waals surface area contributed by atoms with Crippen molar-refractivity contribution in [3.05, 3.63) is 26.1 Å². The normalized spacial score (nSPS) is 18.3. The largest absolute Gasteiger partial charge is 0.341 e. The van der Waals surface area contributed by atoms with Crippen LogP contribution >= 0.6 is 35.2 Å². The van der Waals surface area contributed by atoms with Crippen molar-refractivity contribution < 1.29 is 0 Å². The fourth-order valence-corrected chi connectivity index (χ4v) is 4.94. The van der Waals surface area contributed by atoms with E-state index in [0.29, 0.717) is 12.7 Å². The van der Waals surface area contributed by atoms with Crippen molar-refractivity contribution in [2.45, 2.75) is 51.4 Å². The summed E-state index contributed by atoms with van der Waals surface area (Å²) in [6, 6.07) is 4.60. The summed E-state index contributed by atoms with van der Waals surface area (Å²) in [4.78, 5) is 5.92. The van der Waals surface area contributed by atoms with E-state index in [2.05, 4.69) is 27.5 Å². The van der Waals surface area contributed by atoms with E-state index in [-0.39, 0.29) is 0 Å². The molecule has 2 aromatic rings. The molecule has 1 saturated carbocycles. The fraction of sp³-hybridized carbons (Fsp3) is 0.647. The van der Waals surface area contributed by atoms with Gasteiger partial charge < -0.3 is 4.90 Å². The highest BCUT2D eigenvalue weighted by Gasteiger charge is 2.31. The lowest BCUT2D eigenvalue weighted by atomic mass is 10.1. The maximum absolute atomic E-state index is 6.04. The predicted octanol–water partition coefficient (Wildman–Crippen LogP) is 4.54. The van der Waals surface area contributed by atoms with Gasteiger partial charge in [-0.15, -0.1) is 16.4 Å². The molecule has 4 rings (SSSR count). The highest BCUT2D eigenvalue weighted by Crippen LogP contribution is 2.38. The molecular weight excluding hydrogens is 374 g/mol. The van der Waals surface area contributed by atoms with Crippen LogP contribution in [0.4, 0.5) is 5.95 Å². The molecule has 0 amide bonds. The van der Waals surface area contributed by atoms with Gasteiger partial charge in [0.05, 0.1) is 11.0 Å². The van der Waals surface area contributed by atoms with Gasteiger partial charge in [0.1, 0.15) is 0 Å². The van der Waals surface area contributed by atoms with Gasteiger partial charge in [0.15, 0.2) is 0 Å². The standard InChI is InChI=1S/C17H24ClN5S2/c1-20(11-14-7-8-15(18)25-14)12-22-17(24)23(13-5-6-13)16(19-22)21-9-3-2-4-10-21/h7-8,13H,2-6,9-12H2,1H3. The topological polar surface area (TPSA) is 29.2 Å². The number of nitrogens with zero attached hydrogens (tertiary/aromatic N) is 5. The summed E-state index contributed by atoms with van der Waals surface area (Å²) in [5, 5.41) is 4.92. The minimum absolute atomic E-state index is 0.555. The Balaban J connectivity index is 1.53. The van der Waals surface area contributed by atoms with E-state index in [1.165, 1.54) is 37.0 Å². The Kier molecular flexibility index (Phi) is 5.18. The minimum Gasteiger partial charge on any atom is -0.341 e. The first-order valence-electron chi connectivity index (χ1n) is 8.99. The molecule has 0 atom stereocenters. The lowest BCUT2D eigenvalue weighted by Crippen LogP contribution is -2.32. The van der Waals surface area contributed by atoms with Crippen LogP contribution in [0, 0.1) is 4.77 Å². The Morgan fingerprint density at radius 1 is 1.28 bits per heavy atom. The molecule has 5 nitrogen and oxygen atoms in total. The molecule has 0 unspecified atom stereocenters. The van der Waals surface area contributed by atoms with Crippen LogP contribution in [0.2, 0.25) is 4.34 Å². The van der Waals surface area contributed by atoms with Crippen molar-refractivity contribution in [2.75, 3.05) is 25.0 Å². The first kappa shape index (κ1) is 17.5. The third-order valence-electron chi connectivity index (χ3n) is 4.83. The van der Waals surface area contributed by atoms with Crippen LogP contribution in [-0.4, -0.2) is 39.4 Å². The number of halogens is 1. The van der Waals surface area contributed by atoms with Crippen LogP contribution in [0.15, 0.2) is 12.1 Å². The van der Waals surface area contributed by atoms with Crippen LogP contribution in [0.3, 0.4) is 0 Å². The molecule has 1 aliphatic carbocycles. The van der Waals surface area contributed by atoms with Crippen LogP contribution < -0.4 is 4.90 Å². The molecule has 1 aliphatic heterocycles. The monoisotopic (exact) mass is 397 g/mol. The van der Waals surface area contributed by atoms with E-state index in [9.17, 15) is 0 Å². The fourth-order valence-electron chi connectivity index (χ4n) is 3.44. The number of hydrogen-bond donors (Lipinski definition) is 0. The quantitative estimate of drug-likeness (QED) is 0.669. The van der Waals surface area contributed by atoms with Crippen LogP contribution in [0.1, 0.15) is 43.0 Å². The van der Waals surface area contributed by atoms with Gasteiger partial charge in [-0.25, -0.2) is 4.68 Å². The zero-order valence-electron chi connectivity index (χ0n) is 14.5. The number of piperidine rings is 1. The van der Waals surface area contributed by atoms with Gasteiger partial charge in [0.25, 0.3) is 0 Å². The molecule has 136 valence electrons. The van der Waals surface area contributed by atoms with Crippen molar-refractivity contribution in [3.63, 3.8) is 0 Å². The van der Waals surface area contributed by atoms with Gasteiger partial charge in [0.2, 0.25) is 10.7 Å². The third-order valence-corrected chi connectivity index (χ3v) is 6.46. The Bertz CT molecular complexity index is 785. The van der Waals surface area contributed by atoms with Gasteiger partial charge in [-0.1, -0.05) is 11.6 Å². The second-order valence-corrected chi connectivity index (χ2v) is 9.26. The Morgan fingerprint density at radius 2 is 2.04 bits per heavy atom. The molecule has 0 spiro atoms. The summed E-state index contributed by atoms with van der Waals surface area (Å²) in [5.41, 5.74) is 0. The summed E-state index contributed by atoms with van der Waals surface area (Å²) >= 11 is 13.4. The summed E-state index contributed by atoms with van der Waals surface area (Å²) in [5.74, 6) is 1.08. The highest BCUT2D eigenvalue weighted by atomic mass is 35.5. The van der Waals surface area contributed by atoms with Gasteiger partial charge in [0, 0.05) is 30.6 Å². The summed E-state index contributed by atoms with van der Waals surface area (Å²) < 4.78 is 5.99. The van der Waals surface area contributed by atoms with Crippen molar-refractivity contribution in [1.82, 2.24) is 19.2 Å². The van der Waals surface area contributed by atoms with Crippen LogP contribution in [0.5, 0.6) is 0 Å². The first-order chi connectivity index (χ1) is 12.1. The molecular formula is C17H24ClN5S2. The smallest absolute Gasteiger partial charge is 0.226 e. The van der Waals surface area contributed by atoms with Gasteiger partial charge in [-0.3, -0.25) is 9.47 Å². The molecule has 0 radical (unpaired) electrons. The number of thiophene rings is 1. The Morgan fingerprint density at radius 3 is 2.68 bits per heavy atom. The minimum atomic E-state index is 0.555. The van der Waals surface area contributed by atoms with Crippen molar-refractivity contribution >= 4 is 41.1 Å². The molecule has 2 aliphatic rings. The van der Waals surface area contributed by atoms with Crippen molar-refractivity contribution in [2.24, 2.45) is 0 Å². The van der Waals surface area contributed by atoms with Crippen LogP contribution in [-0.2, 0) is 13.2 Å². The van der Waals surface area contributed by atoms with E-state index < -0.39 is 0 Å². The number of hydrogen-bond acceptors (Lipinski definition) is 5. The molecule has 3 heterocycles. The number of rotatable bonds is 6. The SMILES string of the molecule is CN(Cc1ccc(Cl)s1)Cn1nc(N2CCCCC2)n(C2CC2)c1=S. The molecule has 2 fully saturated rings. The summed E-state index contributed by atoms with van der Waals surface area (Å²) in [6.45, 7) is 3.76.